The summed E-state index contributed by atoms with van der Waals surface area (Å²) in [6, 6.07) is 8.94. The van der Waals surface area contributed by atoms with Gasteiger partial charge in [0, 0.05) is 18.1 Å². The lowest BCUT2D eigenvalue weighted by atomic mass is 9.47. The Hall–Kier alpha value is -1.92. The molecule has 3 fully saturated rings. The monoisotopic (exact) mass is 531 g/mol. The van der Waals surface area contributed by atoms with Gasteiger partial charge >= 0.3 is 0 Å². The van der Waals surface area contributed by atoms with Gasteiger partial charge in [-0.25, -0.2) is 5.01 Å². The van der Waals surface area contributed by atoms with E-state index in [9.17, 15) is 9.90 Å². The fourth-order valence-electron chi connectivity index (χ4n) is 9.57. The molecule has 2 aliphatic heterocycles. The van der Waals surface area contributed by atoms with Crippen LogP contribution in [0.3, 0.4) is 0 Å². The van der Waals surface area contributed by atoms with Crippen LogP contribution >= 0.6 is 11.8 Å². The second kappa shape index (κ2) is 9.05. The molecule has 5 nitrogen and oxygen atoms in total. The van der Waals surface area contributed by atoms with Gasteiger partial charge < -0.3 is 5.11 Å². The number of nitrogens with zero attached hydrogens (tertiary/aromatic N) is 3. The van der Waals surface area contributed by atoms with E-state index < -0.39 is 0 Å². The molecule has 1 aromatic carbocycles. The first-order chi connectivity index (χ1) is 18.3. The third-order valence-corrected chi connectivity index (χ3v) is 12.5. The fraction of sp³-hybridized carbons (Fsp3) is 0.656. The summed E-state index contributed by atoms with van der Waals surface area (Å²) in [5.41, 5.74) is 5.97. The van der Waals surface area contributed by atoms with Crippen molar-refractivity contribution in [2.45, 2.75) is 90.7 Å². The van der Waals surface area contributed by atoms with Gasteiger partial charge in [-0.3, -0.25) is 4.79 Å². The molecule has 4 aliphatic carbocycles. The Labute approximate surface area is 231 Å². The molecule has 7 rings (SSSR count). The van der Waals surface area contributed by atoms with Gasteiger partial charge in [0.15, 0.2) is 5.17 Å². The third kappa shape index (κ3) is 3.80. The highest BCUT2D eigenvalue weighted by Gasteiger charge is 2.60. The molecular weight excluding hydrogens is 490 g/mol. The van der Waals surface area contributed by atoms with E-state index >= 15 is 0 Å². The summed E-state index contributed by atoms with van der Waals surface area (Å²) in [7, 11) is 0. The normalized spacial score (nSPS) is 42.3. The van der Waals surface area contributed by atoms with Crippen molar-refractivity contribution in [3.8, 4) is 0 Å². The van der Waals surface area contributed by atoms with Gasteiger partial charge in [0.1, 0.15) is 0 Å². The fourth-order valence-corrected chi connectivity index (χ4v) is 10.4. The van der Waals surface area contributed by atoms with Crippen molar-refractivity contribution in [2.24, 2.45) is 44.6 Å². The standard InChI is InChI=1S/C32H41N3O2S/c1-19-4-6-20(7-5-19)28-17-27(34-35(28)30-33-29(37)18-38-30)26-11-10-24-23-9-8-21-16-22(36)12-14-31(21,2)25(23)13-15-32(24,26)3/h4-8,22-26,28,36H,9-18H2,1-3H3/t22-,23-,24-,25-,26+,28?,31-,32-/m0/s1. The number of benzene rings is 1. The van der Waals surface area contributed by atoms with Crippen LogP contribution in [0.1, 0.15) is 88.8 Å². The van der Waals surface area contributed by atoms with E-state index in [1.54, 1.807) is 5.57 Å². The molecule has 38 heavy (non-hydrogen) atoms. The number of carbonyl (C=O) groups is 1. The molecule has 6 heteroatoms. The van der Waals surface area contributed by atoms with Crippen molar-refractivity contribution in [3.05, 3.63) is 47.0 Å². The lowest BCUT2D eigenvalue weighted by Crippen LogP contribution is -2.51. The second-order valence-corrected chi connectivity index (χ2v) is 14.4. The van der Waals surface area contributed by atoms with Crippen LogP contribution in [0.25, 0.3) is 0 Å². The Morgan fingerprint density at radius 3 is 2.61 bits per heavy atom. The maximum Gasteiger partial charge on any atom is 0.258 e. The molecule has 0 spiro atoms. The Morgan fingerprint density at radius 2 is 1.84 bits per heavy atom. The molecule has 1 unspecified atom stereocenters. The lowest BCUT2D eigenvalue weighted by molar-refractivity contribution is -0.115. The molecule has 1 aromatic rings. The minimum Gasteiger partial charge on any atom is -0.393 e. The molecule has 2 heterocycles. The number of amides is 1. The zero-order valence-electron chi connectivity index (χ0n) is 23.0. The minimum absolute atomic E-state index is 0.0454. The molecule has 0 saturated heterocycles. The third-order valence-electron chi connectivity index (χ3n) is 11.6. The highest BCUT2D eigenvalue weighted by atomic mass is 32.2. The summed E-state index contributed by atoms with van der Waals surface area (Å²) < 4.78 is 0. The average Bonchev–Trinajstić information content (AvgIpc) is 3.61. The molecule has 0 bridgehead atoms. The van der Waals surface area contributed by atoms with Crippen LogP contribution in [0.2, 0.25) is 0 Å². The van der Waals surface area contributed by atoms with E-state index in [1.807, 2.05) is 0 Å². The van der Waals surface area contributed by atoms with Gasteiger partial charge in [0.05, 0.1) is 17.9 Å². The SMILES string of the molecule is Cc1ccc(C2CC([C@H]3CC[C@H]4[C@@H]5CC=C6C[C@@H](O)CC[C@]6(C)[C@H]5CC[C@]34C)=NN2C2=NC(=O)CS2)cc1. The largest absolute Gasteiger partial charge is 0.393 e. The van der Waals surface area contributed by atoms with Crippen molar-refractivity contribution in [1.82, 2.24) is 5.01 Å². The van der Waals surface area contributed by atoms with Crippen molar-refractivity contribution >= 4 is 28.5 Å². The Morgan fingerprint density at radius 1 is 1.03 bits per heavy atom. The van der Waals surface area contributed by atoms with Crippen molar-refractivity contribution in [2.75, 3.05) is 5.75 Å². The van der Waals surface area contributed by atoms with Gasteiger partial charge in [0.25, 0.3) is 5.91 Å². The number of amidine groups is 1. The number of carbonyl (C=O) groups excluding carboxylic acids is 1. The first-order valence-electron chi connectivity index (χ1n) is 14.8. The number of aryl methyl sites for hydroxylation is 1. The summed E-state index contributed by atoms with van der Waals surface area (Å²) in [6.07, 6.45) is 12.6. The van der Waals surface area contributed by atoms with E-state index in [2.05, 4.69) is 61.1 Å². The molecule has 1 N–H and O–H groups in total. The highest BCUT2D eigenvalue weighted by molar-refractivity contribution is 8.14. The number of aliphatic imine (C=N–C) groups is 1. The van der Waals surface area contributed by atoms with Crippen LogP contribution < -0.4 is 0 Å². The number of rotatable bonds is 2. The number of thioether (sulfide) groups is 1. The van der Waals surface area contributed by atoms with Gasteiger partial charge in [-0.2, -0.15) is 10.1 Å². The van der Waals surface area contributed by atoms with Crippen LogP contribution in [0.15, 0.2) is 46.0 Å². The first-order valence-corrected chi connectivity index (χ1v) is 15.8. The van der Waals surface area contributed by atoms with E-state index in [1.165, 1.54) is 60.7 Å². The summed E-state index contributed by atoms with van der Waals surface area (Å²) in [4.78, 5) is 16.4. The topological polar surface area (TPSA) is 65.3 Å². The number of allylic oxidation sites excluding steroid dienone is 1. The molecule has 0 aromatic heterocycles. The number of hydrogen-bond acceptors (Lipinski definition) is 5. The molecule has 6 aliphatic rings. The van der Waals surface area contributed by atoms with E-state index in [0.717, 1.165) is 48.6 Å². The summed E-state index contributed by atoms with van der Waals surface area (Å²) >= 11 is 1.54. The highest BCUT2D eigenvalue weighted by Crippen LogP contribution is 2.66. The lowest BCUT2D eigenvalue weighted by Gasteiger charge is -2.58. The molecule has 202 valence electrons. The van der Waals surface area contributed by atoms with Gasteiger partial charge in [-0.05, 0) is 92.4 Å². The molecular formula is C32H41N3O2S. The Bertz CT molecular complexity index is 1240. The predicted octanol–water partition coefficient (Wildman–Crippen LogP) is 6.67. The Balaban J connectivity index is 1.18. The van der Waals surface area contributed by atoms with Crippen LogP contribution in [-0.2, 0) is 4.79 Å². The van der Waals surface area contributed by atoms with Crippen molar-refractivity contribution in [1.29, 1.82) is 0 Å². The maximum absolute atomic E-state index is 12.1. The molecule has 1 amide bonds. The minimum atomic E-state index is -0.140. The number of aliphatic hydroxyl groups is 1. The van der Waals surface area contributed by atoms with E-state index in [0.29, 0.717) is 11.7 Å². The maximum atomic E-state index is 12.1. The quantitative estimate of drug-likeness (QED) is 0.433. The Kier molecular flexibility index (Phi) is 5.97. The zero-order chi connectivity index (χ0) is 26.2. The zero-order valence-corrected chi connectivity index (χ0v) is 23.8. The summed E-state index contributed by atoms with van der Waals surface area (Å²) in [5, 5.41) is 18.5. The molecule has 0 radical (unpaired) electrons. The van der Waals surface area contributed by atoms with Crippen LogP contribution in [-0.4, -0.2) is 38.8 Å². The average molecular weight is 532 g/mol. The number of hydrazone groups is 1. The molecule has 8 atom stereocenters. The van der Waals surface area contributed by atoms with E-state index in [-0.39, 0.29) is 28.9 Å². The van der Waals surface area contributed by atoms with Crippen molar-refractivity contribution < 1.29 is 9.90 Å². The number of aliphatic hydroxyl groups excluding tert-OH is 1. The number of fused-ring (bicyclic) bond motifs is 5. The van der Waals surface area contributed by atoms with Crippen LogP contribution in [0.4, 0.5) is 0 Å². The summed E-state index contributed by atoms with van der Waals surface area (Å²) in [6.45, 7) is 7.22. The predicted molar refractivity (Wildman–Crippen MR) is 154 cm³/mol. The smallest absolute Gasteiger partial charge is 0.258 e. The number of hydrogen-bond donors (Lipinski definition) is 1. The van der Waals surface area contributed by atoms with E-state index in [4.69, 9.17) is 5.10 Å². The molecule has 3 saturated carbocycles. The van der Waals surface area contributed by atoms with Gasteiger partial charge in [-0.1, -0.05) is 67.1 Å². The van der Waals surface area contributed by atoms with Crippen LogP contribution in [0.5, 0.6) is 0 Å². The second-order valence-electron chi connectivity index (χ2n) is 13.5. The van der Waals surface area contributed by atoms with Gasteiger partial charge in [0.2, 0.25) is 0 Å². The van der Waals surface area contributed by atoms with Gasteiger partial charge in [-0.15, -0.1) is 0 Å². The summed E-state index contributed by atoms with van der Waals surface area (Å²) in [5.74, 6) is 3.12. The van der Waals surface area contributed by atoms with Crippen molar-refractivity contribution in [3.63, 3.8) is 0 Å². The first kappa shape index (κ1) is 25.1. The van der Waals surface area contributed by atoms with Crippen LogP contribution in [0, 0.1) is 41.4 Å².